The molecule has 1 aromatic carbocycles. The Kier molecular flexibility index (Phi) is 2.90. The number of aromatic nitrogens is 4. The summed E-state index contributed by atoms with van der Waals surface area (Å²) in [5.41, 5.74) is 2.85. The molecule has 92 valence electrons. The van der Waals surface area contributed by atoms with Crippen molar-refractivity contribution in [1.82, 2.24) is 19.9 Å². The normalized spacial score (nSPS) is 11.2. The Bertz CT molecular complexity index is 741. The van der Waals surface area contributed by atoms with E-state index >= 15 is 0 Å². The molecular weight excluding hydrogens is 236 g/mol. The molecule has 0 atom stereocenters. The zero-order chi connectivity index (χ0) is 13.1. The Morgan fingerprint density at radius 1 is 1.16 bits per heavy atom. The van der Waals surface area contributed by atoms with E-state index in [0.29, 0.717) is 5.82 Å². The number of hydrogen-bond acceptors (Lipinski definition) is 3. The number of hydrogen-bond donors (Lipinski definition) is 1. The van der Waals surface area contributed by atoms with E-state index in [9.17, 15) is 0 Å². The predicted molar refractivity (Wildman–Crippen MR) is 76.4 cm³/mol. The fraction of sp³-hybridized carbons (Fsp3) is 0. The van der Waals surface area contributed by atoms with Crippen LogP contribution < -0.4 is 0 Å². The van der Waals surface area contributed by atoms with Gasteiger partial charge in [-0.1, -0.05) is 18.7 Å². The van der Waals surface area contributed by atoms with Crippen molar-refractivity contribution in [3.05, 3.63) is 61.2 Å². The van der Waals surface area contributed by atoms with Gasteiger partial charge in [0, 0.05) is 18.0 Å². The smallest absolute Gasteiger partial charge is 0.159 e. The molecule has 0 spiro atoms. The van der Waals surface area contributed by atoms with Gasteiger partial charge in [-0.25, -0.2) is 15.0 Å². The molecule has 0 aliphatic heterocycles. The SMILES string of the molecule is C=CC=Cc1nc2ccc(-c3ncccn3)cc2[nH]1. The second kappa shape index (κ2) is 4.86. The quantitative estimate of drug-likeness (QED) is 0.724. The van der Waals surface area contributed by atoms with Crippen molar-refractivity contribution in [3.63, 3.8) is 0 Å². The van der Waals surface area contributed by atoms with E-state index in [2.05, 4.69) is 26.5 Å². The lowest BCUT2D eigenvalue weighted by Gasteiger charge is -1.98. The lowest BCUT2D eigenvalue weighted by molar-refractivity contribution is 1.18. The van der Waals surface area contributed by atoms with Crippen molar-refractivity contribution in [1.29, 1.82) is 0 Å². The number of allylic oxidation sites excluding steroid dienone is 2. The number of nitrogens with zero attached hydrogens (tertiary/aromatic N) is 3. The fourth-order valence-electron chi connectivity index (χ4n) is 1.85. The summed E-state index contributed by atoms with van der Waals surface area (Å²) in [7, 11) is 0. The minimum atomic E-state index is 0.710. The van der Waals surface area contributed by atoms with Gasteiger partial charge >= 0.3 is 0 Å². The van der Waals surface area contributed by atoms with Crippen LogP contribution in [0.2, 0.25) is 0 Å². The van der Waals surface area contributed by atoms with E-state index in [1.54, 1.807) is 24.5 Å². The summed E-state index contributed by atoms with van der Waals surface area (Å²) < 4.78 is 0. The van der Waals surface area contributed by atoms with Gasteiger partial charge in [0.05, 0.1) is 11.0 Å². The third-order valence-corrected chi connectivity index (χ3v) is 2.71. The molecule has 3 aromatic rings. The highest BCUT2D eigenvalue weighted by Crippen LogP contribution is 2.20. The topological polar surface area (TPSA) is 54.5 Å². The molecule has 0 aliphatic carbocycles. The second-order valence-electron chi connectivity index (χ2n) is 4.02. The van der Waals surface area contributed by atoms with Crippen molar-refractivity contribution >= 4 is 17.1 Å². The zero-order valence-corrected chi connectivity index (χ0v) is 10.2. The first-order chi connectivity index (χ1) is 9.36. The maximum absolute atomic E-state index is 4.45. The van der Waals surface area contributed by atoms with E-state index in [4.69, 9.17) is 0 Å². The Balaban J connectivity index is 2.06. The van der Waals surface area contributed by atoms with E-state index in [1.165, 1.54) is 0 Å². The molecule has 0 fully saturated rings. The van der Waals surface area contributed by atoms with Crippen molar-refractivity contribution in [3.8, 4) is 11.4 Å². The first kappa shape index (κ1) is 11.3. The van der Waals surface area contributed by atoms with Crippen molar-refractivity contribution in [2.24, 2.45) is 0 Å². The van der Waals surface area contributed by atoms with Crippen LogP contribution in [0.1, 0.15) is 5.82 Å². The molecule has 3 rings (SSSR count). The van der Waals surface area contributed by atoms with Crippen LogP contribution in [0.15, 0.2) is 55.4 Å². The lowest BCUT2D eigenvalue weighted by atomic mass is 10.2. The third-order valence-electron chi connectivity index (χ3n) is 2.71. The third kappa shape index (κ3) is 2.28. The van der Waals surface area contributed by atoms with Gasteiger partial charge in [0.1, 0.15) is 5.82 Å². The molecule has 0 amide bonds. The predicted octanol–water partition coefficient (Wildman–Crippen LogP) is 3.22. The summed E-state index contributed by atoms with van der Waals surface area (Å²) >= 11 is 0. The van der Waals surface area contributed by atoms with Crippen LogP contribution in [0.25, 0.3) is 28.5 Å². The number of benzene rings is 1. The van der Waals surface area contributed by atoms with Crippen molar-refractivity contribution in [2.45, 2.75) is 0 Å². The molecule has 0 saturated carbocycles. The Labute approximate surface area is 110 Å². The minimum Gasteiger partial charge on any atom is -0.338 e. The Morgan fingerprint density at radius 3 is 2.79 bits per heavy atom. The van der Waals surface area contributed by atoms with Gasteiger partial charge < -0.3 is 4.98 Å². The molecule has 2 heterocycles. The molecule has 2 aromatic heterocycles. The molecule has 0 aliphatic rings. The van der Waals surface area contributed by atoms with E-state index < -0.39 is 0 Å². The maximum Gasteiger partial charge on any atom is 0.159 e. The fourth-order valence-corrected chi connectivity index (χ4v) is 1.85. The van der Waals surface area contributed by atoms with Crippen LogP contribution in [0.4, 0.5) is 0 Å². The molecule has 0 saturated heterocycles. The maximum atomic E-state index is 4.45. The summed E-state index contributed by atoms with van der Waals surface area (Å²) in [4.78, 5) is 16.2. The average Bonchev–Trinajstić information content (AvgIpc) is 2.87. The van der Waals surface area contributed by atoms with E-state index in [-0.39, 0.29) is 0 Å². The number of aromatic amines is 1. The molecular formula is C15H12N4. The highest BCUT2D eigenvalue weighted by molar-refractivity contribution is 5.81. The first-order valence-corrected chi connectivity index (χ1v) is 5.93. The van der Waals surface area contributed by atoms with Crippen LogP contribution in [-0.2, 0) is 0 Å². The first-order valence-electron chi connectivity index (χ1n) is 5.93. The molecule has 0 bridgehead atoms. The van der Waals surface area contributed by atoms with Gasteiger partial charge in [-0.2, -0.15) is 0 Å². The summed E-state index contributed by atoms with van der Waals surface area (Å²) in [6.45, 7) is 3.64. The molecule has 19 heavy (non-hydrogen) atoms. The highest BCUT2D eigenvalue weighted by Gasteiger charge is 2.04. The van der Waals surface area contributed by atoms with Gasteiger partial charge in [-0.05, 0) is 30.3 Å². The number of nitrogens with one attached hydrogen (secondary N) is 1. The minimum absolute atomic E-state index is 0.710. The number of imidazole rings is 1. The van der Waals surface area contributed by atoms with Crippen LogP contribution in [0, 0.1) is 0 Å². The molecule has 0 radical (unpaired) electrons. The average molecular weight is 248 g/mol. The van der Waals surface area contributed by atoms with E-state index in [1.807, 2.05) is 30.4 Å². The summed E-state index contributed by atoms with van der Waals surface area (Å²) in [5.74, 6) is 1.52. The van der Waals surface area contributed by atoms with Gasteiger partial charge in [-0.15, -0.1) is 0 Å². The monoisotopic (exact) mass is 248 g/mol. The van der Waals surface area contributed by atoms with Gasteiger partial charge in [0.2, 0.25) is 0 Å². The van der Waals surface area contributed by atoms with Gasteiger partial charge in [-0.3, -0.25) is 0 Å². The zero-order valence-electron chi connectivity index (χ0n) is 10.2. The number of rotatable bonds is 3. The Morgan fingerprint density at radius 2 is 2.00 bits per heavy atom. The van der Waals surface area contributed by atoms with E-state index in [0.717, 1.165) is 22.4 Å². The van der Waals surface area contributed by atoms with Crippen LogP contribution in [0.5, 0.6) is 0 Å². The summed E-state index contributed by atoms with van der Waals surface area (Å²) in [6.07, 6.45) is 8.91. The highest BCUT2D eigenvalue weighted by atomic mass is 14.9. The Hall–Kier alpha value is -2.75. The second-order valence-corrected chi connectivity index (χ2v) is 4.02. The lowest BCUT2D eigenvalue weighted by Crippen LogP contribution is -1.86. The largest absolute Gasteiger partial charge is 0.338 e. The molecule has 4 nitrogen and oxygen atoms in total. The van der Waals surface area contributed by atoms with Crippen molar-refractivity contribution < 1.29 is 0 Å². The summed E-state index contributed by atoms with van der Waals surface area (Å²) in [6, 6.07) is 7.74. The van der Waals surface area contributed by atoms with Crippen LogP contribution >= 0.6 is 0 Å². The summed E-state index contributed by atoms with van der Waals surface area (Å²) in [5, 5.41) is 0. The molecule has 1 N–H and O–H groups in total. The number of fused-ring (bicyclic) bond motifs is 1. The number of H-pyrrole nitrogens is 1. The van der Waals surface area contributed by atoms with Crippen LogP contribution in [0.3, 0.4) is 0 Å². The van der Waals surface area contributed by atoms with Gasteiger partial charge in [0.25, 0.3) is 0 Å². The molecule has 4 heteroatoms. The molecule has 0 unspecified atom stereocenters. The standard InChI is InChI=1S/C15H12N4/c1-2-3-5-14-18-12-7-6-11(10-13(12)19-14)15-16-8-4-9-17-15/h2-10H,1H2,(H,18,19). The van der Waals surface area contributed by atoms with Crippen molar-refractivity contribution in [2.75, 3.05) is 0 Å². The van der Waals surface area contributed by atoms with Gasteiger partial charge in [0.15, 0.2) is 5.82 Å². The van der Waals surface area contributed by atoms with Crippen LogP contribution in [-0.4, -0.2) is 19.9 Å².